The van der Waals surface area contributed by atoms with Crippen molar-refractivity contribution in [1.29, 1.82) is 10.5 Å². The van der Waals surface area contributed by atoms with Crippen molar-refractivity contribution >= 4 is 5.97 Å². The highest BCUT2D eigenvalue weighted by Gasteiger charge is 2.38. The van der Waals surface area contributed by atoms with E-state index in [1.54, 1.807) is 0 Å². The van der Waals surface area contributed by atoms with Crippen molar-refractivity contribution in [3.8, 4) is 12.1 Å². The number of hydrogen-bond donors (Lipinski definition) is 1. The third kappa shape index (κ3) is 5.74. The van der Waals surface area contributed by atoms with Gasteiger partial charge in [-0.15, -0.1) is 0 Å². The molecule has 1 aromatic rings. The summed E-state index contributed by atoms with van der Waals surface area (Å²) in [6.45, 7) is 0. The largest absolute Gasteiger partial charge is 0.490 e. The molecule has 0 saturated carbocycles. The van der Waals surface area contributed by atoms with E-state index in [2.05, 4.69) is 4.98 Å². The summed E-state index contributed by atoms with van der Waals surface area (Å²) in [5, 5.41) is 23.8. The third-order valence-electron chi connectivity index (χ3n) is 1.24. The van der Waals surface area contributed by atoms with Crippen molar-refractivity contribution in [2.45, 2.75) is 6.18 Å². The molecule has 1 rings (SSSR count). The summed E-state index contributed by atoms with van der Waals surface area (Å²) >= 11 is 0. The normalized spacial score (nSPS) is 9.24. The molecule has 1 aromatic heterocycles. The van der Waals surface area contributed by atoms with Gasteiger partial charge in [0.05, 0.1) is 11.1 Å². The number of aliphatic carboxylic acids is 1. The first-order valence-electron chi connectivity index (χ1n) is 3.86. The Balaban J connectivity index is 0.000000325. The van der Waals surface area contributed by atoms with Gasteiger partial charge in [-0.25, -0.2) is 4.79 Å². The Bertz CT molecular complexity index is 456. The number of alkyl halides is 3. The van der Waals surface area contributed by atoms with E-state index in [9.17, 15) is 13.2 Å². The highest BCUT2D eigenvalue weighted by atomic mass is 19.4. The van der Waals surface area contributed by atoms with E-state index in [0.717, 1.165) is 0 Å². The lowest BCUT2D eigenvalue weighted by atomic mass is 10.2. The Morgan fingerprint density at radius 3 is 1.82 bits per heavy atom. The van der Waals surface area contributed by atoms with Gasteiger partial charge in [-0.05, 0) is 6.07 Å². The van der Waals surface area contributed by atoms with Crippen LogP contribution >= 0.6 is 0 Å². The summed E-state index contributed by atoms with van der Waals surface area (Å²) in [7, 11) is 0. The van der Waals surface area contributed by atoms with Crippen LogP contribution in [0.5, 0.6) is 0 Å². The minimum absolute atomic E-state index is 0.416. The number of nitriles is 2. The molecule has 0 saturated heterocycles. The lowest BCUT2D eigenvalue weighted by Gasteiger charge is -1.93. The zero-order valence-corrected chi connectivity index (χ0v) is 8.06. The number of carboxylic acid groups (broad SMARTS) is 1. The topological polar surface area (TPSA) is 97.8 Å². The number of carboxylic acids is 1. The van der Waals surface area contributed by atoms with Gasteiger partial charge in [0.15, 0.2) is 0 Å². The first kappa shape index (κ1) is 14.4. The van der Waals surface area contributed by atoms with E-state index in [1.807, 2.05) is 12.1 Å². The average molecular weight is 243 g/mol. The summed E-state index contributed by atoms with van der Waals surface area (Å²) in [6, 6.07) is 5.27. The Morgan fingerprint density at radius 1 is 1.24 bits per heavy atom. The smallest absolute Gasteiger partial charge is 0.475 e. The van der Waals surface area contributed by atoms with Crippen molar-refractivity contribution in [3.05, 3.63) is 29.6 Å². The van der Waals surface area contributed by atoms with E-state index in [-0.39, 0.29) is 0 Å². The van der Waals surface area contributed by atoms with Crippen LogP contribution in [0.15, 0.2) is 18.5 Å². The molecule has 0 bridgehead atoms. The maximum absolute atomic E-state index is 10.6. The number of rotatable bonds is 0. The summed E-state index contributed by atoms with van der Waals surface area (Å²) in [6.07, 6.45) is -2.25. The van der Waals surface area contributed by atoms with Crippen LogP contribution < -0.4 is 0 Å². The number of aromatic nitrogens is 1. The molecule has 8 heteroatoms. The second-order valence-corrected chi connectivity index (χ2v) is 2.49. The van der Waals surface area contributed by atoms with Gasteiger partial charge in [0.25, 0.3) is 0 Å². The highest BCUT2D eigenvalue weighted by molar-refractivity contribution is 5.73. The summed E-state index contributed by atoms with van der Waals surface area (Å²) in [5.41, 5.74) is 0.832. The van der Waals surface area contributed by atoms with Crippen LogP contribution in [0.4, 0.5) is 13.2 Å². The van der Waals surface area contributed by atoms with E-state index >= 15 is 0 Å². The van der Waals surface area contributed by atoms with Gasteiger partial charge in [0, 0.05) is 12.4 Å². The van der Waals surface area contributed by atoms with Crippen molar-refractivity contribution in [3.63, 3.8) is 0 Å². The monoisotopic (exact) mass is 243 g/mol. The predicted molar refractivity (Wildman–Crippen MR) is 47.4 cm³/mol. The van der Waals surface area contributed by atoms with Crippen LogP contribution in [0.2, 0.25) is 0 Å². The molecule has 0 aliphatic carbocycles. The standard InChI is InChI=1S/C7H3N3.C2HF3O2/c8-2-6-1-7(3-9)5-10-4-6;3-2(4,5)1(6)7/h1,4-5H;(H,6,7). The molecule has 0 atom stereocenters. The molecule has 17 heavy (non-hydrogen) atoms. The van der Waals surface area contributed by atoms with Crippen molar-refractivity contribution in [1.82, 2.24) is 4.98 Å². The van der Waals surface area contributed by atoms with Gasteiger partial charge < -0.3 is 5.11 Å². The Morgan fingerprint density at radius 2 is 1.59 bits per heavy atom. The van der Waals surface area contributed by atoms with Crippen LogP contribution in [-0.2, 0) is 4.79 Å². The van der Waals surface area contributed by atoms with Crippen LogP contribution in [0.25, 0.3) is 0 Å². The average Bonchev–Trinajstić information content (AvgIpc) is 2.28. The fourth-order valence-electron chi connectivity index (χ4n) is 0.562. The van der Waals surface area contributed by atoms with Crippen LogP contribution in [0.1, 0.15) is 11.1 Å². The van der Waals surface area contributed by atoms with E-state index in [4.69, 9.17) is 20.4 Å². The fourth-order valence-corrected chi connectivity index (χ4v) is 0.562. The molecule has 0 spiro atoms. The van der Waals surface area contributed by atoms with Crippen LogP contribution in [-0.4, -0.2) is 22.2 Å². The second-order valence-electron chi connectivity index (χ2n) is 2.49. The molecule has 0 aromatic carbocycles. The first-order chi connectivity index (χ1) is 7.81. The second kappa shape index (κ2) is 6.08. The van der Waals surface area contributed by atoms with Gasteiger partial charge in [-0.2, -0.15) is 23.7 Å². The lowest BCUT2D eigenvalue weighted by molar-refractivity contribution is -0.192. The van der Waals surface area contributed by atoms with E-state index in [1.165, 1.54) is 18.5 Å². The molecular weight excluding hydrogens is 239 g/mol. The minimum atomic E-state index is -5.08. The van der Waals surface area contributed by atoms with E-state index < -0.39 is 12.1 Å². The third-order valence-corrected chi connectivity index (χ3v) is 1.24. The predicted octanol–water partition coefficient (Wildman–Crippen LogP) is 1.46. The molecule has 1 heterocycles. The SMILES string of the molecule is N#Cc1cncc(C#N)c1.O=C(O)C(F)(F)F. The minimum Gasteiger partial charge on any atom is -0.475 e. The molecular formula is C9H4F3N3O2. The molecule has 0 aliphatic rings. The molecule has 1 N–H and O–H groups in total. The Kier molecular flexibility index (Phi) is 5.14. The lowest BCUT2D eigenvalue weighted by Crippen LogP contribution is -2.21. The van der Waals surface area contributed by atoms with Crippen LogP contribution in [0.3, 0.4) is 0 Å². The van der Waals surface area contributed by atoms with Gasteiger partial charge in [-0.1, -0.05) is 0 Å². The van der Waals surface area contributed by atoms with Crippen molar-refractivity contribution in [2.24, 2.45) is 0 Å². The van der Waals surface area contributed by atoms with Crippen LogP contribution in [0, 0.1) is 22.7 Å². The Hall–Kier alpha value is -2.61. The molecule has 0 radical (unpaired) electrons. The maximum atomic E-state index is 10.6. The van der Waals surface area contributed by atoms with Crippen molar-refractivity contribution in [2.75, 3.05) is 0 Å². The maximum Gasteiger partial charge on any atom is 0.490 e. The molecule has 0 amide bonds. The molecule has 0 unspecified atom stereocenters. The van der Waals surface area contributed by atoms with Gasteiger partial charge in [-0.3, -0.25) is 4.98 Å². The number of pyridine rings is 1. The van der Waals surface area contributed by atoms with Gasteiger partial charge in [0.2, 0.25) is 0 Å². The Labute approximate surface area is 93.4 Å². The van der Waals surface area contributed by atoms with Gasteiger partial charge >= 0.3 is 12.1 Å². The first-order valence-corrected chi connectivity index (χ1v) is 3.86. The molecule has 5 nitrogen and oxygen atoms in total. The molecule has 0 aliphatic heterocycles. The zero-order valence-electron chi connectivity index (χ0n) is 8.06. The van der Waals surface area contributed by atoms with Crippen molar-refractivity contribution < 1.29 is 23.1 Å². The molecule has 0 fully saturated rings. The summed E-state index contributed by atoms with van der Waals surface area (Å²) in [4.78, 5) is 12.6. The summed E-state index contributed by atoms with van der Waals surface area (Å²) < 4.78 is 31.7. The zero-order chi connectivity index (χ0) is 13.5. The molecule has 88 valence electrons. The number of hydrogen-bond acceptors (Lipinski definition) is 4. The fraction of sp³-hybridized carbons (Fsp3) is 0.111. The highest BCUT2D eigenvalue weighted by Crippen LogP contribution is 2.13. The number of halogens is 3. The number of nitrogens with zero attached hydrogens (tertiary/aromatic N) is 3. The van der Waals surface area contributed by atoms with Gasteiger partial charge in [0.1, 0.15) is 12.1 Å². The quantitative estimate of drug-likeness (QED) is 0.743. The van der Waals surface area contributed by atoms with E-state index in [0.29, 0.717) is 11.1 Å². The number of carbonyl (C=O) groups is 1. The summed E-state index contributed by atoms with van der Waals surface area (Å²) in [5.74, 6) is -2.76.